The first kappa shape index (κ1) is 9.33. The molecule has 1 aliphatic heterocycles. The molecule has 1 radical (unpaired) electrons. The van der Waals surface area contributed by atoms with Gasteiger partial charge in [0.15, 0.2) is 6.19 Å². The van der Waals surface area contributed by atoms with Gasteiger partial charge in [-0.3, -0.25) is 9.69 Å². The number of nitrogens with zero attached hydrogens (tertiary/aromatic N) is 2. The lowest BCUT2D eigenvalue weighted by Crippen LogP contribution is -2.15. The van der Waals surface area contributed by atoms with Gasteiger partial charge in [0.05, 0.1) is 6.54 Å². The van der Waals surface area contributed by atoms with E-state index in [2.05, 4.69) is 0 Å². The van der Waals surface area contributed by atoms with Gasteiger partial charge in [-0.15, -0.1) is 0 Å². The van der Waals surface area contributed by atoms with Gasteiger partial charge < -0.3 is 5.73 Å². The van der Waals surface area contributed by atoms with E-state index in [0.717, 1.165) is 5.57 Å². The molecule has 0 saturated heterocycles. The second kappa shape index (κ2) is 4.31. The maximum absolute atomic E-state index is 10.4. The van der Waals surface area contributed by atoms with Crippen molar-refractivity contribution in [1.29, 1.82) is 5.26 Å². The maximum atomic E-state index is 10.4. The van der Waals surface area contributed by atoms with Crippen molar-refractivity contribution in [2.24, 2.45) is 5.73 Å². The maximum Gasteiger partial charge on any atom is 0.218 e. The third kappa shape index (κ3) is 2.99. The van der Waals surface area contributed by atoms with E-state index in [4.69, 9.17) is 11.0 Å². The number of nitrogens with two attached hydrogens (primary N) is 1. The zero-order valence-corrected chi connectivity index (χ0v) is 7.10. The van der Waals surface area contributed by atoms with Crippen LogP contribution in [-0.4, -0.2) is 17.4 Å². The molecular formula is C9H10N3O. The molecule has 67 valence electrons. The Morgan fingerprint density at radius 3 is 3.08 bits per heavy atom. The number of amides is 1. The van der Waals surface area contributed by atoms with Gasteiger partial charge in [-0.2, -0.15) is 5.26 Å². The highest BCUT2D eigenvalue weighted by molar-refractivity contribution is 5.75. The molecule has 4 nitrogen and oxygen atoms in total. The fraction of sp³-hybridized carbons (Fsp3) is 0.222. The molecule has 0 aromatic carbocycles. The van der Waals surface area contributed by atoms with Gasteiger partial charge in [0.25, 0.3) is 0 Å². The molecule has 4 heteroatoms. The average molecular weight is 176 g/mol. The molecule has 13 heavy (non-hydrogen) atoms. The van der Waals surface area contributed by atoms with Crippen LogP contribution >= 0.6 is 0 Å². The Balaban J connectivity index is 2.40. The number of hydrogen-bond acceptors (Lipinski definition) is 3. The van der Waals surface area contributed by atoms with Crippen LogP contribution in [0, 0.1) is 17.9 Å². The van der Waals surface area contributed by atoms with Crippen LogP contribution in [0.15, 0.2) is 23.9 Å². The normalized spacial score (nSPS) is 15.0. The number of nitriles is 1. The van der Waals surface area contributed by atoms with E-state index in [1.54, 1.807) is 18.7 Å². The van der Waals surface area contributed by atoms with Gasteiger partial charge in [0, 0.05) is 12.6 Å². The fourth-order valence-electron chi connectivity index (χ4n) is 0.953. The van der Waals surface area contributed by atoms with E-state index in [-0.39, 0.29) is 12.3 Å². The van der Waals surface area contributed by atoms with Crippen LogP contribution in [0.2, 0.25) is 0 Å². The summed E-state index contributed by atoms with van der Waals surface area (Å²) >= 11 is 0. The Morgan fingerprint density at radius 2 is 2.62 bits per heavy atom. The van der Waals surface area contributed by atoms with Crippen molar-refractivity contribution in [3.63, 3.8) is 0 Å². The quantitative estimate of drug-likeness (QED) is 0.629. The lowest BCUT2D eigenvalue weighted by atomic mass is 10.1. The van der Waals surface area contributed by atoms with E-state index < -0.39 is 0 Å². The van der Waals surface area contributed by atoms with Gasteiger partial charge in [0.2, 0.25) is 5.91 Å². The highest BCUT2D eigenvalue weighted by Gasteiger charge is 2.04. The third-order valence-corrected chi connectivity index (χ3v) is 1.64. The van der Waals surface area contributed by atoms with Crippen LogP contribution in [-0.2, 0) is 4.79 Å². The SMILES string of the molecule is N#CN1C=CC([CH]CC(N)=O)=CC1. The van der Waals surface area contributed by atoms with Gasteiger partial charge in [-0.05, 0) is 18.1 Å². The zero-order chi connectivity index (χ0) is 9.68. The Labute approximate surface area is 76.9 Å². The second-order valence-corrected chi connectivity index (χ2v) is 2.65. The largest absolute Gasteiger partial charge is 0.370 e. The molecule has 0 bridgehead atoms. The minimum Gasteiger partial charge on any atom is -0.370 e. The van der Waals surface area contributed by atoms with Gasteiger partial charge in [0.1, 0.15) is 0 Å². The van der Waals surface area contributed by atoms with Crippen LogP contribution in [0.4, 0.5) is 0 Å². The molecule has 0 atom stereocenters. The highest BCUT2D eigenvalue weighted by Crippen LogP contribution is 2.10. The average Bonchev–Trinajstić information content (AvgIpc) is 2.15. The first-order valence-electron chi connectivity index (χ1n) is 3.88. The summed E-state index contributed by atoms with van der Waals surface area (Å²) in [6.45, 7) is 0.553. The molecule has 0 unspecified atom stereocenters. The van der Waals surface area contributed by atoms with Crippen molar-refractivity contribution in [3.8, 4) is 6.19 Å². The van der Waals surface area contributed by atoms with E-state index in [0.29, 0.717) is 6.54 Å². The fourth-order valence-corrected chi connectivity index (χ4v) is 0.953. The molecule has 1 heterocycles. The van der Waals surface area contributed by atoms with E-state index in [1.807, 2.05) is 12.3 Å². The Hall–Kier alpha value is -1.76. The van der Waals surface area contributed by atoms with Crippen LogP contribution in [0.3, 0.4) is 0 Å². The third-order valence-electron chi connectivity index (χ3n) is 1.64. The molecule has 2 N–H and O–H groups in total. The molecule has 0 spiro atoms. The zero-order valence-electron chi connectivity index (χ0n) is 7.10. The molecule has 1 rings (SSSR count). The molecule has 1 amide bonds. The number of rotatable bonds is 3. The molecule has 0 saturated carbocycles. The Morgan fingerprint density at radius 1 is 1.85 bits per heavy atom. The van der Waals surface area contributed by atoms with Crippen molar-refractivity contribution in [2.75, 3.05) is 6.54 Å². The van der Waals surface area contributed by atoms with Crippen molar-refractivity contribution >= 4 is 5.91 Å². The smallest absolute Gasteiger partial charge is 0.218 e. The first-order chi connectivity index (χ1) is 6.22. The molecule has 0 fully saturated rings. The predicted molar refractivity (Wildman–Crippen MR) is 47.7 cm³/mol. The summed E-state index contributed by atoms with van der Waals surface area (Å²) in [5.74, 6) is -0.350. The Bertz CT molecular complexity index is 298. The van der Waals surface area contributed by atoms with E-state index >= 15 is 0 Å². The summed E-state index contributed by atoms with van der Waals surface area (Å²) in [6.07, 6.45) is 9.28. The topological polar surface area (TPSA) is 70.1 Å². The van der Waals surface area contributed by atoms with E-state index in [1.165, 1.54) is 4.90 Å². The summed E-state index contributed by atoms with van der Waals surface area (Å²) in [5, 5.41) is 8.51. The predicted octanol–water partition coefficient (Wildman–Crippen LogP) is 0.303. The second-order valence-electron chi connectivity index (χ2n) is 2.65. The van der Waals surface area contributed by atoms with Gasteiger partial charge in [-0.1, -0.05) is 6.08 Å². The van der Waals surface area contributed by atoms with Crippen LogP contribution in [0.5, 0.6) is 0 Å². The van der Waals surface area contributed by atoms with Crippen molar-refractivity contribution < 1.29 is 4.79 Å². The number of carbonyl (C=O) groups is 1. The minimum atomic E-state index is -0.350. The van der Waals surface area contributed by atoms with Crippen LogP contribution in [0.1, 0.15) is 6.42 Å². The number of hydrogen-bond donors (Lipinski definition) is 1. The lowest BCUT2D eigenvalue weighted by molar-refractivity contribution is -0.117. The van der Waals surface area contributed by atoms with Crippen LogP contribution in [0.25, 0.3) is 0 Å². The molecule has 1 aliphatic rings. The van der Waals surface area contributed by atoms with Crippen molar-refractivity contribution in [3.05, 3.63) is 30.3 Å². The minimum absolute atomic E-state index is 0.239. The summed E-state index contributed by atoms with van der Waals surface area (Å²) < 4.78 is 0. The number of carbonyl (C=O) groups excluding carboxylic acids is 1. The summed E-state index contributed by atoms with van der Waals surface area (Å²) in [4.78, 5) is 11.9. The lowest BCUT2D eigenvalue weighted by Gasteiger charge is -2.13. The Kier molecular flexibility index (Phi) is 3.09. The van der Waals surface area contributed by atoms with Crippen molar-refractivity contribution in [2.45, 2.75) is 6.42 Å². The molecule has 0 aliphatic carbocycles. The standard InChI is InChI=1S/C9H10N3O/c10-7-12-5-3-8(4-6-12)1-2-9(11)13/h1,3-5H,2,6H2,(H2,11,13). The van der Waals surface area contributed by atoms with Gasteiger partial charge >= 0.3 is 0 Å². The summed E-state index contributed by atoms with van der Waals surface area (Å²) in [7, 11) is 0. The molecule has 0 aromatic heterocycles. The summed E-state index contributed by atoms with van der Waals surface area (Å²) in [5.41, 5.74) is 5.91. The van der Waals surface area contributed by atoms with Crippen LogP contribution < -0.4 is 5.73 Å². The summed E-state index contributed by atoms with van der Waals surface area (Å²) in [6, 6.07) is 0. The first-order valence-corrected chi connectivity index (χ1v) is 3.88. The molecule has 0 aromatic rings. The highest BCUT2D eigenvalue weighted by atomic mass is 16.1. The monoisotopic (exact) mass is 176 g/mol. The molecular weight excluding hydrogens is 166 g/mol. The number of allylic oxidation sites excluding steroid dienone is 2. The van der Waals surface area contributed by atoms with E-state index in [9.17, 15) is 4.79 Å². The number of primary amides is 1. The van der Waals surface area contributed by atoms with Crippen molar-refractivity contribution in [1.82, 2.24) is 4.90 Å². The van der Waals surface area contributed by atoms with Gasteiger partial charge in [-0.25, -0.2) is 0 Å².